The molecule has 0 atom stereocenters. The van der Waals surface area contributed by atoms with E-state index in [0.717, 1.165) is 6.07 Å². The molecule has 0 spiro atoms. The van der Waals surface area contributed by atoms with E-state index in [1.807, 2.05) is 0 Å². The Morgan fingerprint density at radius 2 is 2.10 bits per heavy atom. The fourth-order valence-electron chi connectivity index (χ4n) is 1.67. The van der Waals surface area contributed by atoms with Gasteiger partial charge in [-0.05, 0) is 48.0 Å². The third kappa shape index (κ3) is 3.47. The summed E-state index contributed by atoms with van der Waals surface area (Å²) in [5.74, 6) is -1.17. The quantitative estimate of drug-likeness (QED) is 0.790. The summed E-state index contributed by atoms with van der Waals surface area (Å²) in [5.41, 5.74) is -0.0749. The second-order valence-corrected chi connectivity index (χ2v) is 7.12. The SMILES string of the molecule is C=CCN(C(C)C)S(=O)(=O)c1cc(C(=O)O)ccc1Br. The van der Waals surface area contributed by atoms with Gasteiger partial charge in [-0.2, -0.15) is 4.31 Å². The molecule has 1 aromatic rings. The zero-order valence-corrected chi connectivity index (χ0v) is 13.6. The van der Waals surface area contributed by atoms with Crippen molar-refractivity contribution in [2.24, 2.45) is 0 Å². The molecule has 0 fully saturated rings. The predicted molar refractivity (Wildman–Crippen MR) is 80.3 cm³/mol. The normalized spacial score (nSPS) is 11.8. The number of benzene rings is 1. The molecule has 7 heteroatoms. The molecule has 0 aliphatic rings. The Balaban J connectivity index is 3.43. The van der Waals surface area contributed by atoms with Crippen LogP contribution >= 0.6 is 15.9 Å². The van der Waals surface area contributed by atoms with Gasteiger partial charge in [-0.1, -0.05) is 6.08 Å². The van der Waals surface area contributed by atoms with Crippen LogP contribution in [0.3, 0.4) is 0 Å². The Bertz CT molecular complexity index is 625. The zero-order valence-electron chi connectivity index (χ0n) is 11.2. The van der Waals surface area contributed by atoms with Crippen molar-refractivity contribution in [3.63, 3.8) is 0 Å². The molecule has 5 nitrogen and oxygen atoms in total. The minimum absolute atomic E-state index is 0.0621. The average Bonchev–Trinajstić information content (AvgIpc) is 2.35. The first-order valence-corrected chi connectivity index (χ1v) is 8.10. The summed E-state index contributed by atoms with van der Waals surface area (Å²) >= 11 is 3.16. The smallest absolute Gasteiger partial charge is 0.335 e. The van der Waals surface area contributed by atoms with Crippen molar-refractivity contribution in [3.8, 4) is 0 Å². The Morgan fingerprint density at radius 3 is 2.55 bits per heavy atom. The predicted octanol–water partition coefficient (Wildman–Crippen LogP) is 2.73. The Labute approximate surface area is 127 Å². The number of nitrogens with zero attached hydrogens (tertiary/aromatic N) is 1. The molecule has 0 bridgehead atoms. The van der Waals surface area contributed by atoms with Crippen LogP contribution in [0.5, 0.6) is 0 Å². The van der Waals surface area contributed by atoms with Crippen LogP contribution in [0.25, 0.3) is 0 Å². The second kappa shape index (κ2) is 6.51. The van der Waals surface area contributed by atoms with Crippen molar-refractivity contribution in [3.05, 3.63) is 40.9 Å². The first-order chi connectivity index (χ1) is 9.21. The summed E-state index contributed by atoms with van der Waals surface area (Å²) in [6.45, 7) is 7.19. The topological polar surface area (TPSA) is 74.7 Å². The number of carbonyl (C=O) groups is 1. The van der Waals surface area contributed by atoms with E-state index in [1.165, 1.54) is 22.5 Å². The highest BCUT2D eigenvalue weighted by atomic mass is 79.9. The number of carboxylic acids is 1. The van der Waals surface area contributed by atoms with Crippen molar-refractivity contribution in [2.75, 3.05) is 6.54 Å². The van der Waals surface area contributed by atoms with E-state index >= 15 is 0 Å². The highest BCUT2D eigenvalue weighted by Gasteiger charge is 2.28. The molecule has 1 rings (SSSR count). The number of sulfonamides is 1. The van der Waals surface area contributed by atoms with Gasteiger partial charge < -0.3 is 5.11 Å². The molecule has 0 aliphatic carbocycles. The van der Waals surface area contributed by atoms with Gasteiger partial charge in [0.05, 0.1) is 10.5 Å². The lowest BCUT2D eigenvalue weighted by Gasteiger charge is -2.25. The van der Waals surface area contributed by atoms with Gasteiger partial charge in [-0.3, -0.25) is 0 Å². The molecule has 0 aliphatic heterocycles. The Morgan fingerprint density at radius 1 is 1.50 bits per heavy atom. The molecule has 1 N–H and O–H groups in total. The lowest BCUT2D eigenvalue weighted by Crippen LogP contribution is -2.37. The minimum atomic E-state index is -3.80. The number of hydrogen-bond acceptors (Lipinski definition) is 3. The van der Waals surface area contributed by atoms with Crippen LogP contribution in [0, 0.1) is 0 Å². The Hall–Kier alpha value is -1.18. The summed E-state index contributed by atoms with van der Waals surface area (Å²) in [7, 11) is -3.80. The van der Waals surface area contributed by atoms with Gasteiger partial charge in [0, 0.05) is 17.1 Å². The third-order valence-corrected chi connectivity index (χ3v) is 5.69. The van der Waals surface area contributed by atoms with Gasteiger partial charge in [0.2, 0.25) is 10.0 Å². The summed E-state index contributed by atoms with van der Waals surface area (Å²) < 4.78 is 26.8. The van der Waals surface area contributed by atoms with E-state index in [0.29, 0.717) is 4.47 Å². The lowest BCUT2D eigenvalue weighted by atomic mass is 10.2. The lowest BCUT2D eigenvalue weighted by molar-refractivity contribution is 0.0696. The van der Waals surface area contributed by atoms with Crippen LogP contribution in [-0.4, -0.2) is 36.4 Å². The molecule has 1 aromatic carbocycles. The van der Waals surface area contributed by atoms with Gasteiger partial charge in [-0.25, -0.2) is 13.2 Å². The van der Waals surface area contributed by atoms with Crippen LogP contribution in [0.2, 0.25) is 0 Å². The molecular weight excluding hydrogens is 346 g/mol. The second-order valence-electron chi connectivity index (χ2n) is 4.41. The van der Waals surface area contributed by atoms with E-state index in [2.05, 4.69) is 22.5 Å². The molecule has 0 unspecified atom stereocenters. The van der Waals surface area contributed by atoms with Gasteiger partial charge >= 0.3 is 5.97 Å². The first kappa shape index (κ1) is 16.9. The maximum Gasteiger partial charge on any atom is 0.335 e. The van der Waals surface area contributed by atoms with Crippen LogP contribution < -0.4 is 0 Å². The summed E-state index contributed by atoms with van der Waals surface area (Å²) in [6.07, 6.45) is 1.49. The van der Waals surface area contributed by atoms with Gasteiger partial charge in [0.1, 0.15) is 0 Å². The Kier molecular flexibility index (Phi) is 5.50. The summed E-state index contributed by atoms with van der Waals surface area (Å²) in [6, 6.07) is 3.65. The fourth-order valence-corrected chi connectivity index (χ4v) is 4.23. The molecule has 20 heavy (non-hydrogen) atoms. The average molecular weight is 362 g/mol. The number of rotatable bonds is 6. The van der Waals surface area contributed by atoms with E-state index in [1.54, 1.807) is 13.8 Å². The van der Waals surface area contributed by atoms with Crippen molar-refractivity contribution >= 4 is 31.9 Å². The van der Waals surface area contributed by atoms with Gasteiger partial charge in [0.15, 0.2) is 0 Å². The molecule has 0 radical (unpaired) electrons. The maximum atomic E-state index is 12.6. The molecule has 0 aromatic heterocycles. The number of carboxylic acid groups (broad SMARTS) is 1. The van der Waals surface area contributed by atoms with E-state index in [9.17, 15) is 13.2 Å². The zero-order chi connectivity index (χ0) is 15.5. The monoisotopic (exact) mass is 361 g/mol. The third-order valence-electron chi connectivity index (χ3n) is 2.65. The molecule has 0 amide bonds. The van der Waals surface area contributed by atoms with Crippen molar-refractivity contribution in [1.29, 1.82) is 0 Å². The minimum Gasteiger partial charge on any atom is -0.478 e. The molecular formula is C13H16BrNO4S. The largest absolute Gasteiger partial charge is 0.478 e. The van der Waals surface area contributed by atoms with Crippen molar-refractivity contribution in [2.45, 2.75) is 24.8 Å². The van der Waals surface area contributed by atoms with E-state index < -0.39 is 16.0 Å². The highest BCUT2D eigenvalue weighted by Crippen LogP contribution is 2.27. The standard InChI is InChI=1S/C13H16BrNO4S/c1-4-7-15(9(2)3)20(18,19)12-8-10(13(16)17)5-6-11(12)14/h4-6,8-9H,1,7H2,2-3H3,(H,16,17). The van der Waals surface area contributed by atoms with Crippen LogP contribution in [0.15, 0.2) is 40.2 Å². The first-order valence-electron chi connectivity index (χ1n) is 5.87. The van der Waals surface area contributed by atoms with Crippen LogP contribution in [-0.2, 0) is 10.0 Å². The van der Waals surface area contributed by atoms with E-state index in [4.69, 9.17) is 5.11 Å². The number of aromatic carboxylic acids is 1. The highest BCUT2D eigenvalue weighted by molar-refractivity contribution is 9.10. The van der Waals surface area contributed by atoms with Crippen LogP contribution in [0.4, 0.5) is 0 Å². The van der Waals surface area contributed by atoms with Gasteiger partial charge in [0.25, 0.3) is 0 Å². The molecule has 0 heterocycles. The van der Waals surface area contributed by atoms with Crippen LogP contribution in [0.1, 0.15) is 24.2 Å². The maximum absolute atomic E-state index is 12.6. The molecule has 0 saturated heterocycles. The summed E-state index contributed by atoms with van der Waals surface area (Å²) in [4.78, 5) is 10.9. The van der Waals surface area contributed by atoms with Crippen molar-refractivity contribution in [1.82, 2.24) is 4.31 Å². The summed E-state index contributed by atoms with van der Waals surface area (Å²) in [5, 5.41) is 8.98. The number of halogens is 1. The number of hydrogen-bond donors (Lipinski definition) is 1. The van der Waals surface area contributed by atoms with E-state index in [-0.39, 0.29) is 23.0 Å². The molecule has 110 valence electrons. The fraction of sp³-hybridized carbons (Fsp3) is 0.308. The van der Waals surface area contributed by atoms with Gasteiger partial charge in [-0.15, -0.1) is 6.58 Å². The molecule has 0 saturated carbocycles. The van der Waals surface area contributed by atoms with Crippen molar-refractivity contribution < 1.29 is 18.3 Å².